The molecule has 0 bridgehead atoms. The molecule has 0 aliphatic heterocycles. The summed E-state index contributed by atoms with van der Waals surface area (Å²) in [4.78, 5) is 0. The number of alkyl halides is 1. The monoisotopic (exact) mass is 241 g/mol. The van der Waals surface area contributed by atoms with E-state index in [4.69, 9.17) is 11.6 Å². The van der Waals surface area contributed by atoms with E-state index in [-0.39, 0.29) is 17.7 Å². The molecule has 2 N–H and O–H groups in total. The average molecular weight is 242 g/mol. The highest BCUT2D eigenvalue weighted by molar-refractivity contribution is 7.89. The Labute approximate surface area is 89.7 Å². The maximum absolute atomic E-state index is 11.3. The second-order valence-electron chi connectivity index (χ2n) is 3.58. The smallest absolute Gasteiger partial charge is 0.213 e. The van der Waals surface area contributed by atoms with Gasteiger partial charge in [-0.2, -0.15) is 0 Å². The molecule has 6 heteroatoms. The van der Waals surface area contributed by atoms with Crippen molar-refractivity contribution >= 4 is 21.6 Å². The van der Waals surface area contributed by atoms with E-state index in [1.54, 1.807) is 0 Å². The number of halogens is 1. The zero-order valence-corrected chi connectivity index (χ0v) is 9.52. The van der Waals surface area contributed by atoms with Crippen molar-refractivity contribution in [3.8, 4) is 0 Å². The first-order valence-corrected chi connectivity index (χ1v) is 6.98. The number of hydrogen-bond acceptors (Lipinski definition) is 3. The summed E-state index contributed by atoms with van der Waals surface area (Å²) in [6, 6.07) is -0.322. The van der Waals surface area contributed by atoms with Crippen LogP contribution in [0.1, 0.15) is 25.7 Å². The third-order valence-corrected chi connectivity index (χ3v) is 4.22. The molecule has 0 radical (unpaired) electrons. The van der Waals surface area contributed by atoms with Gasteiger partial charge in [0.2, 0.25) is 10.0 Å². The normalized spacial score (nSPS) is 29.0. The quantitative estimate of drug-likeness (QED) is 0.703. The molecule has 0 saturated heterocycles. The summed E-state index contributed by atoms with van der Waals surface area (Å²) in [5.74, 6) is -0.00404. The average Bonchev–Trinajstić information content (AvgIpc) is 2.08. The lowest BCUT2D eigenvalue weighted by molar-refractivity contribution is 0.101. The molecule has 2 unspecified atom stereocenters. The predicted octanol–water partition coefficient (Wildman–Crippen LogP) is 0.448. The van der Waals surface area contributed by atoms with E-state index in [1.807, 2.05) is 0 Å². The summed E-state index contributed by atoms with van der Waals surface area (Å²) in [5, 5.41) is 9.54. The van der Waals surface area contributed by atoms with Crippen LogP contribution in [0.4, 0.5) is 0 Å². The summed E-state index contributed by atoms with van der Waals surface area (Å²) in [5.41, 5.74) is 0. The fourth-order valence-corrected chi connectivity index (χ4v) is 3.31. The number of hydrogen-bond donors (Lipinski definition) is 2. The highest BCUT2D eigenvalue weighted by Crippen LogP contribution is 2.18. The Hall–Kier alpha value is 0.160. The van der Waals surface area contributed by atoms with Crippen LogP contribution in [0, 0.1) is 0 Å². The van der Waals surface area contributed by atoms with Gasteiger partial charge in [0, 0.05) is 11.9 Å². The summed E-state index contributed by atoms with van der Waals surface area (Å²) in [6.45, 7) is 0. The van der Waals surface area contributed by atoms with Crippen LogP contribution in [-0.4, -0.2) is 37.3 Å². The topological polar surface area (TPSA) is 66.4 Å². The molecule has 14 heavy (non-hydrogen) atoms. The van der Waals surface area contributed by atoms with E-state index in [2.05, 4.69) is 4.72 Å². The number of sulfonamides is 1. The third-order valence-electron chi connectivity index (χ3n) is 2.41. The van der Waals surface area contributed by atoms with Gasteiger partial charge < -0.3 is 5.11 Å². The van der Waals surface area contributed by atoms with Crippen LogP contribution in [0.25, 0.3) is 0 Å². The molecule has 84 valence electrons. The zero-order chi connectivity index (χ0) is 10.6. The van der Waals surface area contributed by atoms with Crippen LogP contribution in [0.5, 0.6) is 0 Å². The first-order chi connectivity index (χ1) is 6.55. The minimum absolute atomic E-state index is 0.0815. The lowest BCUT2D eigenvalue weighted by atomic mass is 9.93. The van der Waals surface area contributed by atoms with Crippen molar-refractivity contribution in [3.05, 3.63) is 0 Å². The summed E-state index contributed by atoms with van der Waals surface area (Å²) in [6.07, 6.45) is 2.77. The summed E-state index contributed by atoms with van der Waals surface area (Å²) in [7, 11) is -3.31. The van der Waals surface area contributed by atoms with E-state index in [1.165, 1.54) is 0 Å². The Morgan fingerprint density at radius 3 is 2.57 bits per heavy atom. The Bertz CT molecular complexity index is 268. The van der Waals surface area contributed by atoms with E-state index in [0.717, 1.165) is 12.8 Å². The van der Waals surface area contributed by atoms with Crippen LogP contribution < -0.4 is 4.72 Å². The lowest BCUT2D eigenvalue weighted by Crippen LogP contribution is -2.45. The van der Waals surface area contributed by atoms with Crippen molar-refractivity contribution in [1.82, 2.24) is 4.72 Å². The van der Waals surface area contributed by atoms with Gasteiger partial charge in [-0.15, -0.1) is 11.6 Å². The van der Waals surface area contributed by atoms with Gasteiger partial charge in [-0.3, -0.25) is 0 Å². The molecule has 1 aliphatic rings. The van der Waals surface area contributed by atoms with E-state index in [9.17, 15) is 13.5 Å². The highest BCUT2D eigenvalue weighted by atomic mass is 35.5. The largest absolute Gasteiger partial charge is 0.391 e. The molecule has 1 aliphatic carbocycles. The second-order valence-corrected chi connectivity index (χ2v) is 5.84. The Morgan fingerprint density at radius 1 is 1.36 bits per heavy atom. The first-order valence-electron chi connectivity index (χ1n) is 4.79. The molecule has 0 spiro atoms. The van der Waals surface area contributed by atoms with Crippen LogP contribution in [0.15, 0.2) is 0 Å². The van der Waals surface area contributed by atoms with Crippen molar-refractivity contribution in [1.29, 1.82) is 0 Å². The van der Waals surface area contributed by atoms with Crippen molar-refractivity contribution < 1.29 is 13.5 Å². The molecule has 4 nitrogen and oxygen atoms in total. The Balaban J connectivity index is 2.49. The minimum Gasteiger partial charge on any atom is -0.391 e. The highest BCUT2D eigenvalue weighted by Gasteiger charge is 2.26. The number of nitrogens with one attached hydrogen (secondary N) is 1. The van der Waals surface area contributed by atoms with Gasteiger partial charge in [0.05, 0.1) is 11.9 Å². The third kappa shape index (κ3) is 3.73. The second kappa shape index (κ2) is 5.30. The zero-order valence-electron chi connectivity index (χ0n) is 7.95. The molecule has 0 aromatic heterocycles. The Kier molecular flexibility index (Phi) is 4.63. The summed E-state index contributed by atoms with van der Waals surface area (Å²) < 4.78 is 25.2. The molecule has 0 aromatic rings. The lowest BCUT2D eigenvalue weighted by Gasteiger charge is -2.27. The minimum atomic E-state index is -3.31. The predicted molar refractivity (Wildman–Crippen MR) is 55.9 cm³/mol. The van der Waals surface area contributed by atoms with Gasteiger partial charge in [-0.1, -0.05) is 12.8 Å². The van der Waals surface area contributed by atoms with Gasteiger partial charge in [0.15, 0.2) is 0 Å². The summed E-state index contributed by atoms with van der Waals surface area (Å²) >= 11 is 5.36. The molecule has 1 rings (SSSR count). The van der Waals surface area contributed by atoms with Crippen LogP contribution in [0.3, 0.4) is 0 Å². The maximum atomic E-state index is 11.3. The molecule has 1 saturated carbocycles. The van der Waals surface area contributed by atoms with Crippen LogP contribution in [-0.2, 0) is 10.0 Å². The first kappa shape index (κ1) is 12.2. The van der Waals surface area contributed by atoms with Crippen molar-refractivity contribution in [3.63, 3.8) is 0 Å². The molecule has 1 fully saturated rings. The molecule has 2 atom stereocenters. The molecule has 0 aromatic carbocycles. The van der Waals surface area contributed by atoms with Crippen LogP contribution >= 0.6 is 11.6 Å². The van der Waals surface area contributed by atoms with Crippen molar-refractivity contribution in [2.75, 3.05) is 11.6 Å². The van der Waals surface area contributed by atoms with Gasteiger partial charge >= 0.3 is 0 Å². The van der Waals surface area contributed by atoms with Crippen molar-refractivity contribution in [2.24, 2.45) is 0 Å². The fraction of sp³-hybridized carbons (Fsp3) is 1.00. The van der Waals surface area contributed by atoms with Crippen molar-refractivity contribution in [2.45, 2.75) is 37.8 Å². The number of aliphatic hydroxyl groups is 1. The van der Waals surface area contributed by atoms with E-state index < -0.39 is 16.1 Å². The fourth-order valence-electron chi connectivity index (χ4n) is 1.64. The molecular formula is C8H16ClNO3S. The number of rotatable bonds is 4. The molecular weight excluding hydrogens is 226 g/mol. The Morgan fingerprint density at radius 2 is 2.00 bits per heavy atom. The van der Waals surface area contributed by atoms with Gasteiger partial charge in [-0.05, 0) is 12.8 Å². The van der Waals surface area contributed by atoms with Gasteiger partial charge in [0.25, 0.3) is 0 Å². The van der Waals surface area contributed by atoms with Crippen LogP contribution in [0.2, 0.25) is 0 Å². The van der Waals surface area contributed by atoms with Gasteiger partial charge in [0.1, 0.15) is 0 Å². The SMILES string of the molecule is O=S(=O)(CCCl)NC1CCCCC1O. The molecule has 0 heterocycles. The number of aliphatic hydroxyl groups excluding tert-OH is 1. The van der Waals surface area contributed by atoms with Gasteiger partial charge in [-0.25, -0.2) is 13.1 Å². The molecule has 0 amide bonds. The van der Waals surface area contributed by atoms with E-state index >= 15 is 0 Å². The van der Waals surface area contributed by atoms with E-state index in [0.29, 0.717) is 12.8 Å². The standard InChI is InChI=1S/C8H16ClNO3S/c9-5-6-14(12,13)10-7-3-1-2-4-8(7)11/h7-8,10-11H,1-6H2. The maximum Gasteiger partial charge on any atom is 0.213 e.